The molecule has 66 valence electrons. The third-order valence-corrected chi connectivity index (χ3v) is 1.64. The number of carbonyl (C=O) groups is 1. The number of hydrogen-bond acceptors (Lipinski definition) is 2. The van der Waals surface area contributed by atoms with E-state index in [9.17, 15) is 4.79 Å². The molecule has 0 aromatic heterocycles. The maximum Gasteiger partial charge on any atom is 0.137 e. The van der Waals surface area contributed by atoms with Crippen LogP contribution in [0.1, 0.15) is 27.2 Å². The van der Waals surface area contributed by atoms with E-state index >= 15 is 0 Å². The molecule has 0 aliphatic carbocycles. The van der Waals surface area contributed by atoms with Crippen LogP contribution in [-0.4, -0.2) is 31.3 Å². The highest BCUT2D eigenvalue weighted by atomic mass is 16.1. The molecule has 0 saturated carbocycles. The number of hydrogen-bond donors (Lipinski definition) is 0. The van der Waals surface area contributed by atoms with Crippen molar-refractivity contribution in [3.63, 3.8) is 0 Å². The highest BCUT2D eigenvalue weighted by Gasteiger charge is 2.19. The van der Waals surface area contributed by atoms with Gasteiger partial charge in [-0.3, -0.25) is 4.90 Å². The van der Waals surface area contributed by atoms with Crippen molar-refractivity contribution in [3.05, 3.63) is 0 Å². The van der Waals surface area contributed by atoms with Gasteiger partial charge >= 0.3 is 0 Å². The summed E-state index contributed by atoms with van der Waals surface area (Å²) in [7, 11) is 3.87. The molecule has 2 heteroatoms. The van der Waals surface area contributed by atoms with E-state index in [1.54, 1.807) is 0 Å². The van der Waals surface area contributed by atoms with Gasteiger partial charge in [-0.25, -0.2) is 0 Å². The summed E-state index contributed by atoms with van der Waals surface area (Å²) in [6.07, 6.45) is 1.94. The second-order valence-corrected chi connectivity index (χ2v) is 4.43. The Balaban J connectivity index is 3.99. The number of nitrogens with zero attached hydrogens (tertiary/aromatic N) is 1. The van der Waals surface area contributed by atoms with Crippen molar-refractivity contribution in [2.24, 2.45) is 5.41 Å². The third kappa shape index (κ3) is 4.96. The van der Waals surface area contributed by atoms with Crippen molar-refractivity contribution in [1.29, 1.82) is 0 Å². The minimum absolute atomic E-state index is 0.0648. The molecule has 0 rings (SSSR count). The molecule has 0 N–H and O–H groups in total. The van der Waals surface area contributed by atoms with Gasteiger partial charge in [-0.1, -0.05) is 20.8 Å². The summed E-state index contributed by atoms with van der Waals surface area (Å²) in [5.41, 5.74) is 0.232. The molecule has 0 aromatic carbocycles. The molecular weight excluding hydrogens is 138 g/mol. The fourth-order valence-electron chi connectivity index (χ4n) is 0.980. The van der Waals surface area contributed by atoms with Crippen molar-refractivity contribution < 1.29 is 4.79 Å². The minimum atomic E-state index is 0.0648. The Labute approximate surface area is 69.6 Å². The van der Waals surface area contributed by atoms with E-state index in [-0.39, 0.29) is 11.5 Å². The molecule has 1 unspecified atom stereocenters. The van der Waals surface area contributed by atoms with Crippen LogP contribution in [0.25, 0.3) is 0 Å². The van der Waals surface area contributed by atoms with Crippen LogP contribution in [0.2, 0.25) is 0 Å². The van der Waals surface area contributed by atoms with Gasteiger partial charge in [-0.2, -0.15) is 0 Å². The number of rotatable bonds is 3. The monoisotopic (exact) mass is 157 g/mol. The van der Waals surface area contributed by atoms with Gasteiger partial charge in [-0.05, 0) is 25.9 Å². The molecule has 1 atom stereocenters. The van der Waals surface area contributed by atoms with E-state index in [2.05, 4.69) is 20.8 Å². The third-order valence-electron chi connectivity index (χ3n) is 1.64. The molecule has 0 aliphatic rings. The fourth-order valence-corrected chi connectivity index (χ4v) is 0.980. The molecule has 0 spiro atoms. The fraction of sp³-hybridized carbons (Fsp3) is 0.889. The van der Waals surface area contributed by atoms with Crippen LogP contribution in [-0.2, 0) is 4.79 Å². The Morgan fingerprint density at radius 2 is 1.82 bits per heavy atom. The van der Waals surface area contributed by atoms with Crippen molar-refractivity contribution >= 4 is 6.29 Å². The average Bonchev–Trinajstić information content (AvgIpc) is 1.80. The summed E-state index contributed by atoms with van der Waals surface area (Å²) in [4.78, 5) is 12.5. The quantitative estimate of drug-likeness (QED) is 0.579. The summed E-state index contributed by atoms with van der Waals surface area (Å²) >= 11 is 0. The van der Waals surface area contributed by atoms with E-state index in [4.69, 9.17) is 0 Å². The lowest BCUT2D eigenvalue weighted by molar-refractivity contribution is -0.112. The molecule has 0 heterocycles. The summed E-state index contributed by atoms with van der Waals surface area (Å²) < 4.78 is 0. The number of likely N-dealkylation sites (N-methyl/N-ethyl adjacent to an activating group) is 1. The van der Waals surface area contributed by atoms with Gasteiger partial charge < -0.3 is 4.79 Å². The predicted molar refractivity (Wildman–Crippen MR) is 47.6 cm³/mol. The van der Waals surface area contributed by atoms with Gasteiger partial charge in [0.1, 0.15) is 6.29 Å². The zero-order chi connectivity index (χ0) is 9.07. The Morgan fingerprint density at radius 1 is 1.36 bits per heavy atom. The van der Waals surface area contributed by atoms with Crippen LogP contribution in [0.5, 0.6) is 0 Å². The van der Waals surface area contributed by atoms with E-state index in [1.807, 2.05) is 19.0 Å². The molecule has 0 radical (unpaired) electrons. The van der Waals surface area contributed by atoms with Crippen molar-refractivity contribution in [2.75, 3.05) is 14.1 Å². The minimum Gasteiger partial charge on any atom is -0.302 e. The van der Waals surface area contributed by atoms with E-state index in [1.165, 1.54) is 0 Å². The second-order valence-electron chi connectivity index (χ2n) is 4.43. The van der Waals surface area contributed by atoms with E-state index < -0.39 is 0 Å². The Kier molecular flexibility index (Phi) is 3.73. The maximum atomic E-state index is 10.6. The largest absolute Gasteiger partial charge is 0.302 e. The predicted octanol–water partition coefficient (Wildman–Crippen LogP) is 1.55. The van der Waals surface area contributed by atoms with Gasteiger partial charge in [0.15, 0.2) is 0 Å². The van der Waals surface area contributed by atoms with Crippen LogP contribution < -0.4 is 0 Å². The molecule has 0 fully saturated rings. The second kappa shape index (κ2) is 3.86. The average molecular weight is 157 g/mol. The highest BCUT2D eigenvalue weighted by molar-refractivity contribution is 5.57. The lowest BCUT2D eigenvalue weighted by atomic mass is 9.88. The molecule has 0 bridgehead atoms. The lowest BCUT2D eigenvalue weighted by Crippen LogP contribution is -2.33. The normalized spacial score (nSPS) is 15.1. The van der Waals surface area contributed by atoms with Crippen LogP contribution in [0.4, 0.5) is 0 Å². The van der Waals surface area contributed by atoms with Gasteiger partial charge in [0.25, 0.3) is 0 Å². The van der Waals surface area contributed by atoms with Gasteiger partial charge in [0.05, 0.1) is 6.04 Å². The number of aldehydes is 1. The topological polar surface area (TPSA) is 20.3 Å². The Morgan fingerprint density at radius 3 is 1.91 bits per heavy atom. The first kappa shape index (κ1) is 10.6. The molecule has 0 amide bonds. The van der Waals surface area contributed by atoms with Crippen molar-refractivity contribution in [2.45, 2.75) is 33.2 Å². The first-order valence-corrected chi connectivity index (χ1v) is 3.98. The van der Waals surface area contributed by atoms with Crippen LogP contribution in [0.3, 0.4) is 0 Å². The Hall–Kier alpha value is -0.370. The summed E-state index contributed by atoms with van der Waals surface area (Å²) in [5.74, 6) is 0. The van der Waals surface area contributed by atoms with Crippen LogP contribution in [0, 0.1) is 5.41 Å². The van der Waals surface area contributed by atoms with Crippen molar-refractivity contribution in [1.82, 2.24) is 4.90 Å². The van der Waals surface area contributed by atoms with Gasteiger partial charge in [0, 0.05) is 0 Å². The smallest absolute Gasteiger partial charge is 0.137 e. The van der Waals surface area contributed by atoms with Gasteiger partial charge in [0.2, 0.25) is 0 Å². The zero-order valence-electron chi connectivity index (χ0n) is 8.22. The Bertz CT molecular complexity index is 124. The van der Waals surface area contributed by atoms with Crippen LogP contribution in [0.15, 0.2) is 0 Å². The van der Waals surface area contributed by atoms with Gasteiger partial charge in [-0.15, -0.1) is 0 Å². The van der Waals surface area contributed by atoms with E-state index in [0.717, 1.165) is 12.7 Å². The first-order chi connectivity index (χ1) is 4.87. The SMILES string of the molecule is CN(C)C(C=O)CC(C)(C)C. The molecular formula is C9H19NO. The van der Waals surface area contributed by atoms with Crippen molar-refractivity contribution in [3.8, 4) is 0 Å². The highest BCUT2D eigenvalue weighted by Crippen LogP contribution is 2.21. The molecule has 0 saturated heterocycles. The van der Waals surface area contributed by atoms with E-state index in [0.29, 0.717) is 0 Å². The standard InChI is InChI=1S/C9H19NO/c1-9(2,3)6-8(7-11)10(4)5/h7-8H,6H2,1-5H3. The summed E-state index contributed by atoms with van der Waals surface area (Å²) in [6, 6.07) is 0.0648. The zero-order valence-corrected chi connectivity index (χ0v) is 8.22. The lowest BCUT2D eigenvalue weighted by Gasteiger charge is -2.26. The number of carbonyl (C=O) groups excluding carboxylic acids is 1. The summed E-state index contributed by atoms with van der Waals surface area (Å²) in [6.45, 7) is 6.44. The maximum absolute atomic E-state index is 10.6. The molecule has 0 aliphatic heterocycles. The molecule has 11 heavy (non-hydrogen) atoms. The molecule has 2 nitrogen and oxygen atoms in total. The summed E-state index contributed by atoms with van der Waals surface area (Å²) in [5, 5.41) is 0. The molecule has 0 aromatic rings. The first-order valence-electron chi connectivity index (χ1n) is 3.98. The van der Waals surface area contributed by atoms with Crippen LogP contribution >= 0.6 is 0 Å².